The van der Waals surface area contributed by atoms with Crippen LogP contribution in [0.3, 0.4) is 0 Å². The molecule has 1 nitrogen and oxygen atoms in total. The van der Waals surface area contributed by atoms with Crippen molar-refractivity contribution in [3.63, 3.8) is 0 Å². The van der Waals surface area contributed by atoms with Crippen LogP contribution in [0.25, 0.3) is 0 Å². The molecule has 0 bridgehead atoms. The highest BCUT2D eigenvalue weighted by molar-refractivity contribution is 5.30. The molecule has 2 rings (SSSR count). The lowest BCUT2D eigenvalue weighted by atomic mass is 9.60. The van der Waals surface area contributed by atoms with E-state index in [1.54, 1.807) is 5.57 Å². The molecule has 96 valence electrons. The van der Waals surface area contributed by atoms with Gasteiger partial charge in [0.05, 0.1) is 6.10 Å². The van der Waals surface area contributed by atoms with E-state index >= 15 is 0 Å². The van der Waals surface area contributed by atoms with Crippen molar-refractivity contribution in [2.24, 2.45) is 11.3 Å². The van der Waals surface area contributed by atoms with Crippen LogP contribution in [0, 0.1) is 11.3 Å². The fourth-order valence-corrected chi connectivity index (χ4v) is 3.73. The summed E-state index contributed by atoms with van der Waals surface area (Å²) in [5.74, 6) is 0.698. The minimum Gasteiger partial charge on any atom is -0.377 e. The third-order valence-corrected chi connectivity index (χ3v) is 5.12. The first kappa shape index (κ1) is 12.9. The Hall–Kier alpha value is -0.560. The summed E-state index contributed by atoms with van der Waals surface area (Å²) in [6.07, 6.45) is 6.72. The number of allylic oxidation sites excluding steroid dienone is 2. The molecule has 1 fully saturated rings. The third kappa shape index (κ3) is 2.22. The molecule has 1 heteroatoms. The van der Waals surface area contributed by atoms with Crippen LogP contribution in [-0.4, -0.2) is 13.2 Å². The molecule has 3 atom stereocenters. The van der Waals surface area contributed by atoms with Crippen molar-refractivity contribution < 1.29 is 4.74 Å². The molecule has 2 aliphatic carbocycles. The molecular formula is C16H26O. The molecular weight excluding hydrogens is 208 g/mol. The standard InChI is InChI=1S/C16H26O/c1-11(2)13-6-8-16(4)9-7-15(17-5)12(3)14(16)10-13/h13,15H,1,6-10H2,2-5H3/t13-,15-,16+/m1/s1. The molecule has 1 saturated carbocycles. The van der Waals surface area contributed by atoms with E-state index < -0.39 is 0 Å². The number of methoxy groups -OCH3 is 1. The molecule has 0 aromatic rings. The molecule has 0 aromatic carbocycles. The molecule has 17 heavy (non-hydrogen) atoms. The topological polar surface area (TPSA) is 9.23 Å². The average Bonchev–Trinajstić information content (AvgIpc) is 2.29. The van der Waals surface area contributed by atoms with Gasteiger partial charge < -0.3 is 4.74 Å². The minimum absolute atomic E-state index is 0.363. The maximum atomic E-state index is 5.61. The van der Waals surface area contributed by atoms with Crippen LogP contribution >= 0.6 is 0 Å². The summed E-state index contributed by atoms with van der Waals surface area (Å²) in [6.45, 7) is 11.1. The molecule has 2 aliphatic rings. The Morgan fingerprint density at radius 3 is 2.59 bits per heavy atom. The lowest BCUT2D eigenvalue weighted by molar-refractivity contribution is 0.0862. The molecule has 0 saturated heterocycles. The second kappa shape index (κ2) is 4.61. The molecule has 0 spiro atoms. The first-order valence-corrected chi connectivity index (χ1v) is 6.86. The van der Waals surface area contributed by atoms with Gasteiger partial charge in [0, 0.05) is 7.11 Å². The molecule has 0 aliphatic heterocycles. The Balaban J connectivity index is 2.30. The van der Waals surface area contributed by atoms with Gasteiger partial charge in [0.1, 0.15) is 0 Å². The lowest BCUT2D eigenvalue weighted by Gasteiger charge is -2.46. The first-order valence-electron chi connectivity index (χ1n) is 6.86. The maximum Gasteiger partial charge on any atom is 0.0781 e. The fraction of sp³-hybridized carbons (Fsp3) is 0.750. The van der Waals surface area contributed by atoms with E-state index in [1.165, 1.54) is 43.3 Å². The van der Waals surface area contributed by atoms with E-state index in [2.05, 4.69) is 27.4 Å². The predicted octanol–water partition coefficient (Wildman–Crippen LogP) is 4.49. The zero-order chi connectivity index (χ0) is 12.6. The zero-order valence-electron chi connectivity index (χ0n) is 11.8. The van der Waals surface area contributed by atoms with E-state index in [4.69, 9.17) is 4.74 Å². The van der Waals surface area contributed by atoms with E-state index in [-0.39, 0.29) is 0 Å². The van der Waals surface area contributed by atoms with Crippen LogP contribution in [0.15, 0.2) is 23.3 Å². The number of hydrogen-bond acceptors (Lipinski definition) is 1. The van der Waals surface area contributed by atoms with Crippen molar-refractivity contribution in [2.75, 3.05) is 7.11 Å². The van der Waals surface area contributed by atoms with Gasteiger partial charge in [-0.15, -0.1) is 0 Å². The minimum atomic E-state index is 0.363. The van der Waals surface area contributed by atoms with Crippen molar-refractivity contribution >= 4 is 0 Å². The number of hydrogen-bond donors (Lipinski definition) is 0. The summed E-state index contributed by atoms with van der Waals surface area (Å²) in [4.78, 5) is 0. The van der Waals surface area contributed by atoms with Gasteiger partial charge in [0.2, 0.25) is 0 Å². The summed E-state index contributed by atoms with van der Waals surface area (Å²) < 4.78 is 5.61. The summed E-state index contributed by atoms with van der Waals surface area (Å²) in [5.41, 5.74) is 4.99. The normalized spacial score (nSPS) is 37.9. The summed E-state index contributed by atoms with van der Waals surface area (Å²) >= 11 is 0. The quantitative estimate of drug-likeness (QED) is 0.639. The summed E-state index contributed by atoms with van der Waals surface area (Å²) in [6, 6.07) is 0. The van der Waals surface area contributed by atoms with Gasteiger partial charge in [-0.25, -0.2) is 0 Å². The van der Waals surface area contributed by atoms with Crippen LogP contribution in [0.2, 0.25) is 0 Å². The lowest BCUT2D eigenvalue weighted by Crippen LogP contribution is -2.35. The Morgan fingerprint density at radius 2 is 2.00 bits per heavy atom. The second-order valence-electron chi connectivity index (χ2n) is 6.27. The van der Waals surface area contributed by atoms with Gasteiger partial charge in [0.15, 0.2) is 0 Å². The zero-order valence-corrected chi connectivity index (χ0v) is 11.8. The van der Waals surface area contributed by atoms with E-state index in [0.717, 1.165) is 0 Å². The maximum absolute atomic E-state index is 5.61. The highest BCUT2D eigenvalue weighted by Crippen LogP contribution is 2.52. The second-order valence-corrected chi connectivity index (χ2v) is 6.27. The fourth-order valence-electron chi connectivity index (χ4n) is 3.73. The van der Waals surface area contributed by atoms with Crippen LogP contribution in [-0.2, 0) is 4.74 Å². The van der Waals surface area contributed by atoms with Gasteiger partial charge in [-0.05, 0) is 62.9 Å². The molecule has 0 aromatic heterocycles. The third-order valence-electron chi connectivity index (χ3n) is 5.12. The number of rotatable bonds is 2. The van der Waals surface area contributed by atoms with E-state index in [9.17, 15) is 0 Å². The highest BCUT2D eigenvalue weighted by atomic mass is 16.5. The monoisotopic (exact) mass is 234 g/mol. The highest BCUT2D eigenvalue weighted by Gasteiger charge is 2.40. The van der Waals surface area contributed by atoms with Crippen molar-refractivity contribution in [3.8, 4) is 0 Å². The molecule has 0 N–H and O–H groups in total. The number of fused-ring (bicyclic) bond motifs is 1. The molecule has 0 heterocycles. The van der Waals surface area contributed by atoms with Crippen LogP contribution in [0.1, 0.15) is 52.9 Å². The Bertz CT molecular complexity index is 353. The Morgan fingerprint density at radius 1 is 1.35 bits per heavy atom. The van der Waals surface area contributed by atoms with E-state index in [0.29, 0.717) is 17.4 Å². The van der Waals surface area contributed by atoms with Gasteiger partial charge in [-0.1, -0.05) is 24.6 Å². The van der Waals surface area contributed by atoms with Gasteiger partial charge >= 0.3 is 0 Å². The van der Waals surface area contributed by atoms with Crippen LogP contribution in [0.4, 0.5) is 0 Å². The molecule has 0 amide bonds. The smallest absolute Gasteiger partial charge is 0.0781 e. The van der Waals surface area contributed by atoms with Gasteiger partial charge in [0.25, 0.3) is 0 Å². The summed E-state index contributed by atoms with van der Waals surface area (Å²) in [5, 5.41) is 0. The Labute approximate surface area is 106 Å². The van der Waals surface area contributed by atoms with Crippen molar-refractivity contribution in [3.05, 3.63) is 23.3 Å². The van der Waals surface area contributed by atoms with E-state index in [1.807, 2.05) is 7.11 Å². The average molecular weight is 234 g/mol. The van der Waals surface area contributed by atoms with Crippen molar-refractivity contribution in [2.45, 2.75) is 59.0 Å². The first-order chi connectivity index (χ1) is 7.98. The van der Waals surface area contributed by atoms with Crippen LogP contribution in [0.5, 0.6) is 0 Å². The van der Waals surface area contributed by atoms with Gasteiger partial charge in [-0.2, -0.15) is 0 Å². The Kier molecular flexibility index (Phi) is 3.49. The molecule has 0 unspecified atom stereocenters. The largest absolute Gasteiger partial charge is 0.377 e. The SMILES string of the molecule is C=C(C)[C@@H]1CC[C@@]2(C)CC[C@@H](OC)C(C)=C2C1. The van der Waals surface area contributed by atoms with Crippen molar-refractivity contribution in [1.29, 1.82) is 0 Å². The summed E-state index contributed by atoms with van der Waals surface area (Å²) in [7, 11) is 1.84. The van der Waals surface area contributed by atoms with Crippen LogP contribution < -0.4 is 0 Å². The van der Waals surface area contributed by atoms with Crippen molar-refractivity contribution in [1.82, 2.24) is 0 Å². The number of ether oxygens (including phenoxy) is 1. The van der Waals surface area contributed by atoms with Gasteiger partial charge in [-0.3, -0.25) is 0 Å². The predicted molar refractivity (Wildman–Crippen MR) is 73.0 cm³/mol. The molecule has 0 radical (unpaired) electrons.